The highest BCUT2D eigenvalue weighted by Gasteiger charge is 2.12. The lowest BCUT2D eigenvalue weighted by Crippen LogP contribution is -2.13. The van der Waals surface area contributed by atoms with Gasteiger partial charge in [0.2, 0.25) is 0 Å². The lowest BCUT2D eigenvalue weighted by molar-refractivity contribution is 0.0601. The highest BCUT2D eigenvalue weighted by molar-refractivity contribution is 7.16. The molecule has 3 aromatic rings. The van der Waals surface area contributed by atoms with Crippen LogP contribution in [0.2, 0.25) is 0 Å². The van der Waals surface area contributed by atoms with Crippen molar-refractivity contribution >= 4 is 33.4 Å². The molecule has 3 rings (SSSR count). The number of thiazole rings is 1. The highest BCUT2D eigenvalue weighted by Crippen LogP contribution is 2.19. The third-order valence-electron chi connectivity index (χ3n) is 3.53. The van der Waals surface area contributed by atoms with Gasteiger partial charge < -0.3 is 9.30 Å². The molecular weight excluding hydrogens is 331 g/mol. The summed E-state index contributed by atoms with van der Waals surface area (Å²) in [6.45, 7) is 0. The van der Waals surface area contributed by atoms with Crippen molar-refractivity contribution < 1.29 is 18.7 Å². The van der Waals surface area contributed by atoms with Gasteiger partial charge in [0.15, 0.2) is 4.80 Å². The molecule has 24 heavy (non-hydrogen) atoms. The number of ether oxygens (including phenoxy) is 1. The highest BCUT2D eigenvalue weighted by atomic mass is 32.1. The van der Waals surface area contributed by atoms with Crippen molar-refractivity contribution in [1.29, 1.82) is 0 Å². The summed E-state index contributed by atoms with van der Waals surface area (Å²) in [6, 6.07) is 10.8. The van der Waals surface area contributed by atoms with Gasteiger partial charge in [-0.15, -0.1) is 0 Å². The maximum Gasteiger partial charge on any atom is 0.337 e. The van der Waals surface area contributed by atoms with Crippen LogP contribution in [0.25, 0.3) is 10.2 Å². The van der Waals surface area contributed by atoms with E-state index in [1.807, 2.05) is 0 Å². The average molecular weight is 344 g/mol. The summed E-state index contributed by atoms with van der Waals surface area (Å²) < 4.78 is 20.9. The number of halogens is 1. The second-order valence-corrected chi connectivity index (χ2v) is 6.02. The number of hydrogen-bond donors (Lipinski definition) is 0. The molecule has 1 amide bonds. The lowest BCUT2D eigenvalue weighted by Gasteiger charge is -1.99. The Balaban J connectivity index is 2.09. The van der Waals surface area contributed by atoms with E-state index in [2.05, 4.69) is 4.99 Å². The van der Waals surface area contributed by atoms with Gasteiger partial charge in [-0.3, -0.25) is 4.79 Å². The number of amides is 1. The van der Waals surface area contributed by atoms with E-state index >= 15 is 0 Å². The largest absolute Gasteiger partial charge is 0.465 e. The van der Waals surface area contributed by atoms with E-state index in [1.54, 1.807) is 35.9 Å². The summed E-state index contributed by atoms with van der Waals surface area (Å²) in [4.78, 5) is 28.2. The number of carbonyl (C=O) groups excluding carboxylic acids is 2. The number of esters is 1. The Bertz CT molecular complexity index is 1020. The minimum Gasteiger partial charge on any atom is -0.465 e. The van der Waals surface area contributed by atoms with Crippen molar-refractivity contribution in [3.8, 4) is 0 Å². The standard InChI is InChI=1S/C17H13FN2O3S/c1-20-13-8-7-10(16(22)23-2)9-14(13)24-17(20)19-15(21)11-5-3-4-6-12(11)18/h3-9H,1-2H3. The summed E-state index contributed by atoms with van der Waals surface area (Å²) in [6.07, 6.45) is 0. The molecule has 7 heteroatoms. The van der Waals surface area contributed by atoms with E-state index in [1.165, 1.54) is 36.6 Å². The molecule has 0 bridgehead atoms. The Morgan fingerprint density at radius 3 is 2.67 bits per heavy atom. The molecule has 0 aliphatic carbocycles. The number of fused-ring (bicyclic) bond motifs is 1. The number of rotatable bonds is 2. The Morgan fingerprint density at radius 2 is 1.96 bits per heavy atom. The first-order chi connectivity index (χ1) is 11.5. The van der Waals surface area contributed by atoms with Gasteiger partial charge in [0.25, 0.3) is 5.91 Å². The Labute approximate surface area is 140 Å². The molecule has 0 aliphatic heterocycles. The summed E-state index contributed by atoms with van der Waals surface area (Å²) >= 11 is 1.24. The molecule has 0 fully saturated rings. The number of benzene rings is 2. The molecule has 0 radical (unpaired) electrons. The Kier molecular flexibility index (Phi) is 4.26. The molecule has 122 valence electrons. The van der Waals surface area contributed by atoms with Crippen LogP contribution in [0.15, 0.2) is 47.5 Å². The molecule has 0 saturated carbocycles. The van der Waals surface area contributed by atoms with E-state index < -0.39 is 17.7 Å². The van der Waals surface area contributed by atoms with E-state index in [0.717, 1.165) is 10.2 Å². The number of hydrogen-bond acceptors (Lipinski definition) is 4. The first-order valence-corrected chi connectivity index (χ1v) is 7.84. The molecule has 0 unspecified atom stereocenters. The third-order valence-corrected chi connectivity index (χ3v) is 4.63. The predicted molar refractivity (Wildman–Crippen MR) is 88.4 cm³/mol. The molecule has 0 saturated heterocycles. The van der Waals surface area contributed by atoms with Crippen molar-refractivity contribution in [2.45, 2.75) is 0 Å². The molecule has 0 aliphatic rings. The van der Waals surface area contributed by atoms with E-state index in [-0.39, 0.29) is 5.56 Å². The molecule has 1 heterocycles. The van der Waals surface area contributed by atoms with Gasteiger partial charge in [0.1, 0.15) is 5.82 Å². The summed E-state index contributed by atoms with van der Waals surface area (Å²) in [7, 11) is 3.07. The second kappa shape index (κ2) is 6.37. The van der Waals surface area contributed by atoms with Gasteiger partial charge in [-0.1, -0.05) is 23.5 Å². The number of methoxy groups -OCH3 is 1. The number of aryl methyl sites for hydroxylation is 1. The minimum absolute atomic E-state index is 0.0785. The summed E-state index contributed by atoms with van der Waals surface area (Å²) in [5, 5.41) is 0. The smallest absolute Gasteiger partial charge is 0.337 e. The zero-order valence-electron chi connectivity index (χ0n) is 12.9. The van der Waals surface area contributed by atoms with Gasteiger partial charge in [-0.05, 0) is 30.3 Å². The maximum atomic E-state index is 13.7. The molecule has 0 atom stereocenters. The fraction of sp³-hybridized carbons (Fsp3) is 0.118. The first kappa shape index (κ1) is 16.1. The number of aromatic nitrogens is 1. The van der Waals surface area contributed by atoms with Crippen molar-refractivity contribution in [3.05, 3.63) is 64.2 Å². The Hall–Kier alpha value is -2.80. The van der Waals surface area contributed by atoms with Crippen molar-refractivity contribution in [3.63, 3.8) is 0 Å². The van der Waals surface area contributed by atoms with Crippen LogP contribution < -0.4 is 4.80 Å². The molecule has 2 aromatic carbocycles. The molecule has 5 nitrogen and oxygen atoms in total. The fourth-order valence-electron chi connectivity index (χ4n) is 2.27. The van der Waals surface area contributed by atoms with E-state index in [0.29, 0.717) is 10.4 Å². The minimum atomic E-state index is -0.650. The SMILES string of the molecule is COC(=O)c1ccc2c(c1)sc(=NC(=O)c1ccccc1F)n2C. The van der Waals surface area contributed by atoms with E-state index in [9.17, 15) is 14.0 Å². The normalized spacial score (nSPS) is 11.7. The van der Waals surface area contributed by atoms with Crippen LogP contribution >= 0.6 is 11.3 Å². The molecular formula is C17H13FN2O3S. The topological polar surface area (TPSA) is 60.7 Å². The van der Waals surface area contributed by atoms with Crippen LogP contribution in [0.4, 0.5) is 4.39 Å². The van der Waals surface area contributed by atoms with Crippen LogP contribution in [-0.4, -0.2) is 23.6 Å². The Morgan fingerprint density at radius 1 is 1.21 bits per heavy atom. The van der Waals surface area contributed by atoms with E-state index in [4.69, 9.17) is 4.74 Å². The van der Waals surface area contributed by atoms with Gasteiger partial charge in [-0.2, -0.15) is 4.99 Å². The van der Waals surface area contributed by atoms with Gasteiger partial charge in [0, 0.05) is 7.05 Å². The van der Waals surface area contributed by atoms with Crippen molar-refractivity contribution in [2.75, 3.05) is 7.11 Å². The number of carbonyl (C=O) groups is 2. The third kappa shape index (κ3) is 2.85. The number of nitrogens with zero attached hydrogens (tertiary/aromatic N) is 2. The lowest BCUT2D eigenvalue weighted by atomic mass is 10.2. The zero-order valence-corrected chi connectivity index (χ0v) is 13.8. The van der Waals surface area contributed by atoms with Crippen molar-refractivity contribution in [1.82, 2.24) is 4.57 Å². The van der Waals surface area contributed by atoms with Gasteiger partial charge >= 0.3 is 5.97 Å². The fourth-order valence-corrected chi connectivity index (χ4v) is 3.32. The van der Waals surface area contributed by atoms with Crippen LogP contribution in [0.5, 0.6) is 0 Å². The zero-order chi connectivity index (χ0) is 17.3. The monoisotopic (exact) mass is 344 g/mol. The van der Waals surface area contributed by atoms with Gasteiger partial charge in [0.05, 0.1) is 28.5 Å². The van der Waals surface area contributed by atoms with Crippen LogP contribution in [0, 0.1) is 5.82 Å². The van der Waals surface area contributed by atoms with Crippen LogP contribution in [0.1, 0.15) is 20.7 Å². The first-order valence-electron chi connectivity index (χ1n) is 7.02. The molecule has 1 aromatic heterocycles. The second-order valence-electron chi connectivity index (χ2n) is 5.01. The van der Waals surface area contributed by atoms with Crippen LogP contribution in [0.3, 0.4) is 0 Å². The summed E-state index contributed by atoms with van der Waals surface area (Å²) in [5.74, 6) is -1.69. The maximum absolute atomic E-state index is 13.7. The average Bonchev–Trinajstić information content (AvgIpc) is 2.89. The van der Waals surface area contributed by atoms with Crippen LogP contribution in [-0.2, 0) is 11.8 Å². The molecule has 0 N–H and O–H groups in total. The van der Waals surface area contributed by atoms with Crippen molar-refractivity contribution in [2.24, 2.45) is 12.0 Å². The quantitative estimate of drug-likeness (QED) is 0.672. The molecule has 0 spiro atoms. The van der Waals surface area contributed by atoms with Gasteiger partial charge in [-0.25, -0.2) is 9.18 Å². The predicted octanol–water partition coefficient (Wildman–Crippen LogP) is 2.91. The summed E-state index contributed by atoms with van der Waals surface area (Å²) in [5.41, 5.74) is 1.15.